The zero-order valence-corrected chi connectivity index (χ0v) is 21.4. The van der Waals surface area contributed by atoms with Gasteiger partial charge in [0.05, 0.1) is 14.2 Å². The Balaban J connectivity index is 1.77. The van der Waals surface area contributed by atoms with Crippen molar-refractivity contribution in [3.8, 4) is 45.6 Å². The number of hydrogen-bond donors (Lipinski definition) is 0. The third-order valence-corrected chi connectivity index (χ3v) is 7.60. The number of ether oxygens (including phenoxy) is 4. The summed E-state index contributed by atoms with van der Waals surface area (Å²) in [5.41, 5.74) is 6.46. The second-order valence-corrected chi connectivity index (χ2v) is 9.37. The van der Waals surface area contributed by atoms with E-state index >= 15 is 0 Å². The maximum Gasteiger partial charge on any atom is 0.178 e. The van der Waals surface area contributed by atoms with E-state index in [9.17, 15) is 0 Å². The Hall–Kier alpha value is -4.18. The number of hydrogen-bond acceptors (Lipinski definition) is 4. The van der Waals surface area contributed by atoms with Crippen LogP contribution < -0.4 is 18.9 Å². The fourth-order valence-corrected chi connectivity index (χ4v) is 5.33. The molecule has 0 unspecified atom stereocenters. The van der Waals surface area contributed by atoms with Gasteiger partial charge in [-0.05, 0) is 83.6 Å². The van der Waals surface area contributed by atoms with Gasteiger partial charge in [0.1, 0.15) is 0 Å². The van der Waals surface area contributed by atoms with Crippen molar-refractivity contribution in [2.45, 2.75) is 27.7 Å². The first-order valence-corrected chi connectivity index (χ1v) is 12.1. The van der Waals surface area contributed by atoms with E-state index in [2.05, 4.69) is 58.0 Å². The van der Waals surface area contributed by atoms with Crippen LogP contribution in [-0.2, 0) is 0 Å². The summed E-state index contributed by atoms with van der Waals surface area (Å²) in [7, 11) is 3.35. The Labute approximate surface area is 211 Å². The van der Waals surface area contributed by atoms with E-state index in [1.165, 1.54) is 11.1 Å². The van der Waals surface area contributed by atoms with Crippen LogP contribution in [0.4, 0.5) is 0 Å². The lowest BCUT2D eigenvalue weighted by Crippen LogP contribution is -2.07. The summed E-state index contributed by atoms with van der Waals surface area (Å²) in [6.45, 7) is 8.46. The van der Waals surface area contributed by atoms with E-state index in [1.54, 1.807) is 14.2 Å². The summed E-state index contributed by atoms with van der Waals surface area (Å²) in [5, 5.41) is 4.22. The van der Waals surface area contributed by atoms with E-state index in [1.807, 2.05) is 30.3 Å². The zero-order chi connectivity index (χ0) is 25.1. The topological polar surface area (TPSA) is 36.9 Å². The molecule has 180 valence electrons. The molecule has 0 aromatic heterocycles. The molecule has 0 saturated heterocycles. The van der Waals surface area contributed by atoms with Crippen molar-refractivity contribution >= 4 is 21.5 Å². The van der Waals surface area contributed by atoms with Crippen molar-refractivity contribution in [1.82, 2.24) is 0 Å². The highest BCUT2D eigenvalue weighted by atomic mass is 16.6. The highest BCUT2D eigenvalue weighted by molar-refractivity contribution is 6.12. The number of methoxy groups -OCH3 is 2. The fraction of sp³-hybridized carbons (Fsp3) is 0.188. The van der Waals surface area contributed by atoms with E-state index in [4.69, 9.17) is 18.9 Å². The molecule has 5 aromatic rings. The summed E-state index contributed by atoms with van der Waals surface area (Å²) >= 11 is 0. The predicted molar refractivity (Wildman–Crippen MR) is 146 cm³/mol. The molecule has 4 nitrogen and oxygen atoms in total. The summed E-state index contributed by atoms with van der Waals surface area (Å²) in [6, 6.07) is 20.7. The molecule has 0 atom stereocenters. The van der Waals surface area contributed by atoms with Gasteiger partial charge >= 0.3 is 0 Å². The molecular weight excluding hydrogens is 448 g/mol. The summed E-state index contributed by atoms with van der Waals surface area (Å²) in [4.78, 5) is 0. The maximum absolute atomic E-state index is 6.82. The monoisotopic (exact) mass is 476 g/mol. The van der Waals surface area contributed by atoms with E-state index in [0.29, 0.717) is 23.0 Å². The van der Waals surface area contributed by atoms with E-state index < -0.39 is 0 Å². The van der Waals surface area contributed by atoms with Gasteiger partial charge in [0.2, 0.25) is 0 Å². The maximum atomic E-state index is 6.82. The molecular formula is C32H28O4. The molecule has 1 heterocycles. The smallest absolute Gasteiger partial charge is 0.178 e. The van der Waals surface area contributed by atoms with E-state index in [-0.39, 0.29) is 0 Å². The van der Waals surface area contributed by atoms with Gasteiger partial charge in [-0.3, -0.25) is 0 Å². The van der Waals surface area contributed by atoms with Crippen molar-refractivity contribution in [3.05, 3.63) is 82.9 Å². The lowest BCUT2D eigenvalue weighted by atomic mass is 9.90. The molecule has 6 rings (SSSR count). The van der Waals surface area contributed by atoms with Crippen molar-refractivity contribution < 1.29 is 18.9 Å². The van der Waals surface area contributed by atoms with Crippen molar-refractivity contribution in [3.63, 3.8) is 0 Å². The van der Waals surface area contributed by atoms with E-state index in [0.717, 1.165) is 55.3 Å². The Morgan fingerprint density at radius 3 is 1.72 bits per heavy atom. The molecule has 36 heavy (non-hydrogen) atoms. The SMILES string of the molecule is COc1cc2ccccc2c(-c2c3c(cc4ccccc24)Oc2c(C)c(C)c(C)c(C)c2O3)c1OC. The molecule has 0 spiro atoms. The van der Waals surface area contributed by atoms with Crippen LogP contribution in [0.3, 0.4) is 0 Å². The van der Waals surface area contributed by atoms with Gasteiger partial charge in [-0.15, -0.1) is 0 Å². The number of fused-ring (bicyclic) bond motifs is 4. The van der Waals surface area contributed by atoms with Crippen LogP contribution in [0.15, 0.2) is 60.7 Å². The highest BCUT2D eigenvalue weighted by Crippen LogP contribution is 2.58. The van der Waals surface area contributed by atoms with Gasteiger partial charge in [-0.1, -0.05) is 48.5 Å². The molecule has 0 saturated carbocycles. The Morgan fingerprint density at radius 2 is 1.11 bits per heavy atom. The van der Waals surface area contributed by atoms with Gasteiger partial charge in [0.25, 0.3) is 0 Å². The summed E-state index contributed by atoms with van der Waals surface area (Å²) < 4.78 is 25.2. The molecule has 1 aliphatic rings. The second kappa shape index (κ2) is 8.20. The molecule has 5 aromatic carbocycles. The van der Waals surface area contributed by atoms with Crippen molar-refractivity contribution in [2.24, 2.45) is 0 Å². The lowest BCUT2D eigenvalue weighted by molar-refractivity contribution is 0.353. The zero-order valence-electron chi connectivity index (χ0n) is 21.4. The first-order chi connectivity index (χ1) is 17.4. The van der Waals surface area contributed by atoms with Gasteiger partial charge in [-0.25, -0.2) is 0 Å². The second-order valence-electron chi connectivity index (χ2n) is 9.37. The van der Waals surface area contributed by atoms with Crippen LogP contribution in [-0.4, -0.2) is 14.2 Å². The van der Waals surface area contributed by atoms with Gasteiger partial charge in [0.15, 0.2) is 34.5 Å². The molecule has 1 aliphatic heterocycles. The molecule has 0 radical (unpaired) electrons. The molecule has 0 bridgehead atoms. The van der Waals surface area contributed by atoms with Crippen LogP contribution in [0.5, 0.6) is 34.5 Å². The standard InChI is InChI=1S/C32H28O4/c1-17-18(2)20(4)30-29(19(17)3)35-26-16-22-12-8-10-14-24(22)28(32(26)36-30)27-23-13-9-7-11-21(23)15-25(33-5)31(27)34-6/h7-16H,1-6H3. The Morgan fingerprint density at radius 1 is 0.556 bits per heavy atom. The summed E-state index contributed by atoms with van der Waals surface area (Å²) in [6.07, 6.45) is 0. The molecule has 0 N–H and O–H groups in total. The number of benzene rings is 5. The van der Waals surface area contributed by atoms with Crippen LogP contribution in [0.2, 0.25) is 0 Å². The lowest BCUT2D eigenvalue weighted by Gasteiger charge is -2.29. The van der Waals surface area contributed by atoms with Crippen LogP contribution in [0.1, 0.15) is 22.3 Å². The van der Waals surface area contributed by atoms with Crippen LogP contribution >= 0.6 is 0 Å². The van der Waals surface area contributed by atoms with Crippen molar-refractivity contribution in [2.75, 3.05) is 14.2 Å². The predicted octanol–water partition coefficient (Wildman–Crippen LogP) is 8.81. The number of rotatable bonds is 3. The minimum absolute atomic E-state index is 0.664. The highest BCUT2D eigenvalue weighted by Gasteiger charge is 2.31. The third kappa shape index (κ3) is 3.07. The molecule has 4 heteroatoms. The first-order valence-electron chi connectivity index (χ1n) is 12.1. The Bertz CT molecular complexity index is 1700. The van der Waals surface area contributed by atoms with Crippen molar-refractivity contribution in [1.29, 1.82) is 0 Å². The molecule has 0 fully saturated rings. The minimum atomic E-state index is 0.664. The average molecular weight is 477 g/mol. The van der Waals surface area contributed by atoms with Crippen LogP contribution in [0.25, 0.3) is 32.7 Å². The van der Waals surface area contributed by atoms with Gasteiger partial charge in [-0.2, -0.15) is 0 Å². The molecule has 0 amide bonds. The first kappa shape index (κ1) is 22.3. The fourth-order valence-electron chi connectivity index (χ4n) is 5.33. The van der Waals surface area contributed by atoms with Gasteiger partial charge in [0, 0.05) is 11.1 Å². The minimum Gasteiger partial charge on any atom is -0.493 e. The van der Waals surface area contributed by atoms with Gasteiger partial charge < -0.3 is 18.9 Å². The van der Waals surface area contributed by atoms with Crippen LogP contribution in [0, 0.1) is 27.7 Å². The molecule has 0 aliphatic carbocycles. The average Bonchev–Trinajstić information content (AvgIpc) is 2.91. The largest absolute Gasteiger partial charge is 0.493 e. The normalized spacial score (nSPS) is 12.1. The summed E-state index contributed by atoms with van der Waals surface area (Å²) in [5.74, 6) is 4.26. The Kier molecular flexibility index (Phi) is 5.08. The quantitative estimate of drug-likeness (QED) is 0.256. The third-order valence-electron chi connectivity index (χ3n) is 7.60.